The van der Waals surface area contributed by atoms with Gasteiger partial charge in [-0.3, -0.25) is 4.79 Å². The summed E-state index contributed by atoms with van der Waals surface area (Å²) < 4.78 is 0. The molecule has 1 unspecified atom stereocenters. The van der Waals surface area contributed by atoms with Crippen LogP contribution in [-0.2, 0) is 11.3 Å². The van der Waals surface area contributed by atoms with Gasteiger partial charge in [0, 0.05) is 18.2 Å². The highest BCUT2D eigenvalue weighted by Gasteiger charge is 2.22. The highest BCUT2D eigenvalue weighted by molar-refractivity contribution is 5.92. The molecule has 0 fully saturated rings. The van der Waals surface area contributed by atoms with Crippen LogP contribution in [0.15, 0.2) is 66.4 Å². The molecule has 1 heterocycles. The smallest absolute Gasteiger partial charge is 0.158 e. The molecule has 4 rings (SSSR count). The largest absolute Gasteiger partial charge is 0.381 e. The highest BCUT2D eigenvalue weighted by atomic mass is 16.1. The first-order valence-electron chi connectivity index (χ1n) is 8.24. The summed E-state index contributed by atoms with van der Waals surface area (Å²) in [5.74, 6) is 1.32. The van der Waals surface area contributed by atoms with Crippen molar-refractivity contribution in [1.82, 2.24) is 15.3 Å². The SMILES string of the molecule is O=C1C=C(NCc2nc3ccccc3[nH]2)CC(c2ccccc2)C1. The Morgan fingerprint density at radius 1 is 1.04 bits per heavy atom. The predicted molar refractivity (Wildman–Crippen MR) is 94.4 cm³/mol. The lowest BCUT2D eigenvalue weighted by Gasteiger charge is -2.23. The van der Waals surface area contributed by atoms with E-state index in [4.69, 9.17) is 0 Å². The summed E-state index contributed by atoms with van der Waals surface area (Å²) in [6.07, 6.45) is 3.18. The molecule has 0 aliphatic heterocycles. The average Bonchev–Trinajstić information content (AvgIpc) is 3.03. The molecule has 0 radical (unpaired) electrons. The zero-order valence-electron chi connectivity index (χ0n) is 13.3. The van der Waals surface area contributed by atoms with E-state index in [1.807, 2.05) is 42.5 Å². The highest BCUT2D eigenvalue weighted by Crippen LogP contribution is 2.30. The molecule has 1 atom stereocenters. The third kappa shape index (κ3) is 3.08. The number of nitrogens with one attached hydrogen (secondary N) is 2. The lowest BCUT2D eigenvalue weighted by Crippen LogP contribution is -2.22. The number of fused-ring (bicyclic) bond motifs is 1. The number of benzene rings is 2. The molecule has 0 saturated heterocycles. The molecule has 0 spiro atoms. The summed E-state index contributed by atoms with van der Waals surface area (Å²) in [5.41, 5.74) is 4.21. The fourth-order valence-corrected chi connectivity index (χ4v) is 3.26. The zero-order chi connectivity index (χ0) is 16.4. The van der Waals surface area contributed by atoms with Crippen LogP contribution in [0, 0.1) is 0 Å². The van der Waals surface area contributed by atoms with Crippen molar-refractivity contribution in [2.45, 2.75) is 25.3 Å². The van der Waals surface area contributed by atoms with Crippen LogP contribution in [0.4, 0.5) is 0 Å². The second-order valence-electron chi connectivity index (χ2n) is 6.21. The van der Waals surface area contributed by atoms with Crippen LogP contribution in [0.1, 0.15) is 30.1 Å². The van der Waals surface area contributed by atoms with E-state index >= 15 is 0 Å². The van der Waals surface area contributed by atoms with E-state index < -0.39 is 0 Å². The maximum atomic E-state index is 12.1. The molecular formula is C20H19N3O. The van der Waals surface area contributed by atoms with E-state index in [0.717, 1.165) is 29.0 Å². The van der Waals surface area contributed by atoms with Gasteiger partial charge in [0.2, 0.25) is 0 Å². The fourth-order valence-electron chi connectivity index (χ4n) is 3.26. The van der Waals surface area contributed by atoms with Gasteiger partial charge in [0.15, 0.2) is 5.78 Å². The Morgan fingerprint density at radius 3 is 2.67 bits per heavy atom. The first-order valence-corrected chi connectivity index (χ1v) is 8.24. The molecule has 0 bridgehead atoms. The number of hydrogen-bond donors (Lipinski definition) is 2. The van der Waals surface area contributed by atoms with Crippen molar-refractivity contribution >= 4 is 16.8 Å². The van der Waals surface area contributed by atoms with Crippen LogP contribution in [0.2, 0.25) is 0 Å². The zero-order valence-corrected chi connectivity index (χ0v) is 13.3. The van der Waals surface area contributed by atoms with Gasteiger partial charge in [-0.05, 0) is 30.0 Å². The van der Waals surface area contributed by atoms with Gasteiger partial charge in [-0.25, -0.2) is 4.98 Å². The van der Waals surface area contributed by atoms with E-state index in [9.17, 15) is 4.79 Å². The van der Waals surface area contributed by atoms with Crippen LogP contribution >= 0.6 is 0 Å². The lowest BCUT2D eigenvalue weighted by atomic mass is 9.85. The summed E-state index contributed by atoms with van der Waals surface area (Å²) in [5, 5.41) is 3.38. The molecule has 4 heteroatoms. The number of carbonyl (C=O) groups excluding carboxylic acids is 1. The summed E-state index contributed by atoms with van der Waals surface area (Å²) in [6, 6.07) is 18.2. The van der Waals surface area contributed by atoms with Crippen LogP contribution < -0.4 is 5.32 Å². The van der Waals surface area contributed by atoms with Crippen molar-refractivity contribution in [2.75, 3.05) is 0 Å². The minimum Gasteiger partial charge on any atom is -0.381 e. The van der Waals surface area contributed by atoms with E-state index in [-0.39, 0.29) is 11.7 Å². The van der Waals surface area contributed by atoms with Crippen LogP contribution in [0.25, 0.3) is 11.0 Å². The van der Waals surface area contributed by atoms with E-state index in [2.05, 4.69) is 27.4 Å². The lowest BCUT2D eigenvalue weighted by molar-refractivity contribution is -0.115. The number of H-pyrrole nitrogens is 1. The first-order chi connectivity index (χ1) is 11.8. The maximum Gasteiger partial charge on any atom is 0.158 e. The Hall–Kier alpha value is -2.88. The van der Waals surface area contributed by atoms with Crippen LogP contribution in [0.3, 0.4) is 0 Å². The number of ketones is 1. The quantitative estimate of drug-likeness (QED) is 0.771. The molecule has 2 N–H and O–H groups in total. The number of aromatic nitrogens is 2. The second kappa shape index (κ2) is 6.32. The molecule has 1 aliphatic carbocycles. The molecular weight excluding hydrogens is 298 g/mol. The van der Waals surface area contributed by atoms with Crippen molar-refractivity contribution in [3.63, 3.8) is 0 Å². The maximum absolute atomic E-state index is 12.1. The van der Waals surface area contributed by atoms with Gasteiger partial charge in [0.1, 0.15) is 5.82 Å². The predicted octanol–water partition coefficient (Wildman–Crippen LogP) is 3.68. The van der Waals surface area contributed by atoms with Gasteiger partial charge in [-0.15, -0.1) is 0 Å². The Morgan fingerprint density at radius 2 is 1.83 bits per heavy atom. The minimum atomic E-state index is 0.183. The van der Waals surface area contributed by atoms with Gasteiger partial charge >= 0.3 is 0 Å². The normalized spacial score (nSPS) is 17.8. The summed E-state index contributed by atoms with van der Waals surface area (Å²) in [6.45, 7) is 0.593. The van der Waals surface area contributed by atoms with Gasteiger partial charge in [0.25, 0.3) is 0 Å². The molecule has 1 aliphatic rings. The molecule has 3 aromatic rings. The molecule has 1 aromatic heterocycles. The van der Waals surface area contributed by atoms with Crippen molar-refractivity contribution in [3.05, 3.63) is 77.8 Å². The molecule has 0 amide bonds. The molecule has 24 heavy (non-hydrogen) atoms. The third-order valence-electron chi connectivity index (χ3n) is 4.44. The molecule has 0 saturated carbocycles. The summed E-state index contributed by atoms with van der Waals surface area (Å²) >= 11 is 0. The van der Waals surface area contributed by atoms with E-state index in [1.165, 1.54) is 5.56 Å². The third-order valence-corrected chi connectivity index (χ3v) is 4.44. The monoisotopic (exact) mass is 317 g/mol. The van der Waals surface area contributed by atoms with Crippen molar-refractivity contribution in [1.29, 1.82) is 0 Å². The number of aromatic amines is 1. The minimum absolute atomic E-state index is 0.183. The van der Waals surface area contributed by atoms with Gasteiger partial charge in [-0.1, -0.05) is 42.5 Å². The van der Waals surface area contributed by atoms with Crippen molar-refractivity contribution < 1.29 is 4.79 Å². The summed E-state index contributed by atoms with van der Waals surface area (Å²) in [7, 11) is 0. The summed E-state index contributed by atoms with van der Waals surface area (Å²) in [4.78, 5) is 19.9. The molecule has 4 nitrogen and oxygen atoms in total. The number of allylic oxidation sites excluding steroid dienone is 2. The fraction of sp³-hybridized carbons (Fsp3) is 0.200. The number of imidazole rings is 1. The standard InChI is InChI=1S/C20H19N3O/c24-17-11-15(14-6-2-1-3-7-14)10-16(12-17)21-13-20-22-18-8-4-5-9-19(18)23-20/h1-9,12,15,21H,10-11,13H2,(H,22,23). The Labute approximate surface area is 140 Å². The number of hydrogen-bond acceptors (Lipinski definition) is 3. The first kappa shape index (κ1) is 14.7. The second-order valence-corrected chi connectivity index (χ2v) is 6.21. The Balaban J connectivity index is 1.46. The molecule has 2 aromatic carbocycles. The van der Waals surface area contributed by atoms with Crippen LogP contribution in [0.5, 0.6) is 0 Å². The van der Waals surface area contributed by atoms with Gasteiger partial charge in [-0.2, -0.15) is 0 Å². The number of rotatable bonds is 4. The Bertz CT molecular complexity index is 862. The van der Waals surface area contributed by atoms with Gasteiger partial charge in [0.05, 0.1) is 17.6 Å². The van der Waals surface area contributed by atoms with Crippen molar-refractivity contribution in [2.24, 2.45) is 0 Å². The number of carbonyl (C=O) groups is 1. The topological polar surface area (TPSA) is 57.8 Å². The van der Waals surface area contributed by atoms with Crippen LogP contribution in [-0.4, -0.2) is 15.8 Å². The van der Waals surface area contributed by atoms with Crippen molar-refractivity contribution in [3.8, 4) is 0 Å². The number of para-hydroxylation sites is 2. The molecule has 120 valence electrons. The Kier molecular flexibility index (Phi) is 3.87. The van der Waals surface area contributed by atoms with Gasteiger partial charge < -0.3 is 10.3 Å². The average molecular weight is 317 g/mol. The van der Waals surface area contributed by atoms with E-state index in [1.54, 1.807) is 6.08 Å². The number of nitrogens with zero attached hydrogens (tertiary/aromatic N) is 1. The van der Waals surface area contributed by atoms with E-state index in [0.29, 0.717) is 13.0 Å².